The van der Waals surface area contributed by atoms with Gasteiger partial charge in [0.2, 0.25) is 0 Å². The molecule has 0 bridgehead atoms. The minimum Gasteiger partial charge on any atom is -0.393 e. The van der Waals surface area contributed by atoms with Crippen LogP contribution in [0.4, 0.5) is 0 Å². The molecule has 3 fully saturated rings. The predicted octanol–water partition coefficient (Wildman–Crippen LogP) is 4.27. The van der Waals surface area contributed by atoms with E-state index in [1.165, 1.54) is 38.5 Å². The standard InChI is InChI=1S/C22H36O2S/c1-22-12-10-19-18-8-6-17(23)14-15(18)4-7-20(19)21(22)9-5-16(22)11-13-25(2,3)24/h4,16-21,23H,2,5-14H2,1,3H3. The van der Waals surface area contributed by atoms with E-state index in [1.54, 1.807) is 5.57 Å². The molecule has 8 atom stereocenters. The van der Waals surface area contributed by atoms with E-state index in [9.17, 15) is 9.32 Å². The first-order chi connectivity index (χ1) is 11.8. The largest absolute Gasteiger partial charge is 0.393 e. The van der Waals surface area contributed by atoms with E-state index in [0.717, 1.165) is 54.6 Å². The summed E-state index contributed by atoms with van der Waals surface area (Å²) in [6.45, 7) is 2.55. The van der Waals surface area contributed by atoms with E-state index >= 15 is 0 Å². The van der Waals surface area contributed by atoms with Gasteiger partial charge in [0, 0.05) is 12.0 Å². The number of fused-ring (bicyclic) bond motifs is 5. The maximum absolute atomic E-state index is 12.1. The highest BCUT2D eigenvalue weighted by atomic mass is 32.2. The summed E-state index contributed by atoms with van der Waals surface area (Å²) in [6, 6.07) is 0. The highest BCUT2D eigenvalue weighted by Gasteiger charge is 2.55. The van der Waals surface area contributed by atoms with Gasteiger partial charge in [-0.1, -0.05) is 18.6 Å². The fourth-order valence-electron chi connectivity index (χ4n) is 7.22. The molecule has 142 valence electrons. The highest BCUT2D eigenvalue weighted by molar-refractivity contribution is 7.99. The minimum absolute atomic E-state index is 0.0877. The summed E-state index contributed by atoms with van der Waals surface area (Å²) < 4.78 is 12.1. The van der Waals surface area contributed by atoms with Crippen molar-refractivity contribution in [2.24, 2.45) is 35.0 Å². The molecular formula is C22H36O2S. The predicted molar refractivity (Wildman–Crippen MR) is 107 cm³/mol. The van der Waals surface area contributed by atoms with Crippen LogP contribution in [-0.2, 0) is 9.52 Å². The maximum atomic E-state index is 12.1. The zero-order valence-corrected chi connectivity index (χ0v) is 16.9. The van der Waals surface area contributed by atoms with Gasteiger partial charge in [-0.15, -0.1) is 0 Å². The molecule has 0 saturated heterocycles. The Hall–Kier alpha value is -0.280. The third kappa shape index (κ3) is 3.25. The topological polar surface area (TPSA) is 37.3 Å². The quantitative estimate of drug-likeness (QED) is 0.600. The van der Waals surface area contributed by atoms with Crippen molar-refractivity contribution in [2.75, 3.05) is 12.0 Å². The summed E-state index contributed by atoms with van der Waals surface area (Å²) in [5, 5.41) is 10.0. The molecule has 3 saturated carbocycles. The molecule has 0 aromatic rings. The summed E-state index contributed by atoms with van der Waals surface area (Å²) >= 11 is 0. The molecule has 2 nitrogen and oxygen atoms in total. The second-order valence-electron chi connectivity index (χ2n) is 9.99. The van der Waals surface area contributed by atoms with Gasteiger partial charge in [-0.05, 0) is 108 Å². The average molecular weight is 365 g/mol. The summed E-state index contributed by atoms with van der Waals surface area (Å²) in [6.07, 6.45) is 15.2. The van der Waals surface area contributed by atoms with Gasteiger partial charge in [0.1, 0.15) is 0 Å². The van der Waals surface area contributed by atoms with E-state index in [0.29, 0.717) is 5.41 Å². The van der Waals surface area contributed by atoms with E-state index < -0.39 is 9.52 Å². The number of aliphatic hydroxyl groups is 1. The molecule has 4 aliphatic rings. The van der Waals surface area contributed by atoms with Crippen molar-refractivity contribution in [2.45, 2.75) is 70.8 Å². The number of rotatable bonds is 3. The van der Waals surface area contributed by atoms with Crippen LogP contribution in [-0.4, -0.2) is 33.3 Å². The van der Waals surface area contributed by atoms with E-state index in [2.05, 4.69) is 18.9 Å². The molecular weight excluding hydrogens is 328 g/mol. The maximum Gasteiger partial charge on any atom is 0.0577 e. The van der Waals surface area contributed by atoms with Crippen LogP contribution in [0, 0.1) is 35.0 Å². The number of aliphatic hydroxyl groups excluding tert-OH is 1. The first-order valence-corrected chi connectivity index (χ1v) is 12.8. The van der Waals surface area contributed by atoms with Gasteiger partial charge in [-0.3, -0.25) is 4.21 Å². The molecule has 0 radical (unpaired) electrons. The zero-order valence-electron chi connectivity index (χ0n) is 16.1. The minimum atomic E-state index is -1.85. The molecule has 0 amide bonds. The molecule has 0 aliphatic heterocycles. The monoisotopic (exact) mass is 364 g/mol. The fraction of sp³-hybridized carbons (Fsp3) is 0.864. The Kier molecular flexibility index (Phi) is 4.64. The van der Waals surface area contributed by atoms with E-state index in [4.69, 9.17) is 0 Å². The third-order valence-corrected chi connectivity index (χ3v) is 9.61. The lowest BCUT2D eigenvalue weighted by Gasteiger charge is -2.53. The van der Waals surface area contributed by atoms with Crippen molar-refractivity contribution < 1.29 is 9.32 Å². The van der Waals surface area contributed by atoms with Gasteiger partial charge in [0.05, 0.1) is 6.10 Å². The van der Waals surface area contributed by atoms with Crippen LogP contribution < -0.4 is 0 Å². The van der Waals surface area contributed by atoms with Crippen molar-refractivity contribution >= 4 is 15.4 Å². The van der Waals surface area contributed by atoms with E-state index in [1.807, 2.05) is 6.26 Å². The first kappa shape index (κ1) is 18.1. The van der Waals surface area contributed by atoms with Crippen LogP contribution in [0.2, 0.25) is 0 Å². The molecule has 0 aromatic heterocycles. The van der Waals surface area contributed by atoms with Crippen LogP contribution in [0.5, 0.6) is 0 Å². The van der Waals surface area contributed by atoms with Crippen LogP contribution in [0.15, 0.2) is 11.6 Å². The van der Waals surface area contributed by atoms with Crippen molar-refractivity contribution in [1.29, 1.82) is 0 Å². The molecule has 0 heterocycles. The summed E-state index contributed by atoms with van der Waals surface area (Å²) in [4.78, 5) is 0. The lowest BCUT2D eigenvalue weighted by atomic mass is 9.51. The lowest BCUT2D eigenvalue weighted by molar-refractivity contribution is -0.0186. The summed E-state index contributed by atoms with van der Waals surface area (Å²) in [5.74, 6) is 8.78. The van der Waals surface area contributed by atoms with Gasteiger partial charge >= 0.3 is 0 Å². The molecule has 3 heteroatoms. The Bertz CT molecular complexity index is 649. The smallest absolute Gasteiger partial charge is 0.0577 e. The normalized spacial score (nSPS) is 48.7. The number of allylic oxidation sites excluding steroid dienone is 1. The SMILES string of the molecule is C=S(C)(=O)CCC1CCC2C3CC=C4CC(O)CCC4C3CCC12C. The second-order valence-corrected chi connectivity index (χ2v) is 12.8. The van der Waals surface area contributed by atoms with E-state index in [-0.39, 0.29) is 6.10 Å². The van der Waals surface area contributed by atoms with Crippen molar-refractivity contribution in [3.8, 4) is 0 Å². The highest BCUT2D eigenvalue weighted by Crippen LogP contribution is 2.63. The van der Waals surface area contributed by atoms with Gasteiger partial charge in [-0.25, -0.2) is 0 Å². The fourth-order valence-corrected chi connectivity index (χ4v) is 8.01. The Morgan fingerprint density at radius 2 is 2.04 bits per heavy atom. The van der Waals surface area contributed by atoms with Gasteiger partial charge in [-0.2, -0.15) is 0 Å². The molecule has 4 aliphatic carbocycles. The van der Waals surface area contributed by atoms with Crippen molar-refractivity contribution in [3.05, 3.63) is 11.6 Å². The molecule has 8 unspecified atom stereocenters. The molecule has 0 aromatic carbocycles. The molecule has 1 N–H and O–H groups in total. The van der Waals surface area contributed by atoms with Crippen LogP contribution >= 0.6 is 0 Å². The number of hydrogen-bond acceptors (Lipinski definition) is 2. The Balaban J connectivity index is 1.52. The Morgan fingerprint density at radius 1 is 1.24 bits per heavy atom. The average Bonchev–Trinajstić information content (AvgIpc) is 2.88. The molecule has 0 spiro atoms. The Labute approximate surface area is 154 Å². The summed E-state index contributed by atoms with van der Waals surface area (Å²) in [5.41, 5.74) is 2.05. The molecule has 4 rings (SSSR count). The van der Waals surface area contributed by atoms with Gasteiger partial charge < -0.3 is 5.11 Å². The van der Waals surface area contributed by atoms with Gasteiger partial charge in [0.15, 0.2) is 0 Å². The van der Waals surface area contributed by atoms with Crippen LogP contribution in [0.1, 0.15) is 64.7 Å². The van der Waals surface area contributed by atoms with Crippen LogP contribution in [0.3, 0.4) is 0 Å². The zero-order chi connectivity index (χ0) is 17.8. The van der Waals surface area contributed by atoms with Crippen molar-refractivity contribution in [3.63, 3.8) is 0 Å². The van der Waals surface area contributed by atoms with Gasteiger partial charge in [0.25, 0.3) is 0 Å². The molecule has 25 heavy (non-hydrogen) atoms. The number of hydrogen-bond donors (Lipinski definition) is 1. The summed E-state index contributed by atoms with van der Waals surface area (Å²) in [7, 11) is -1.85. The lowest BCUT2D eigenvalue weighted by Crippen LogP contribution is -2.46. The van der Waals surface area contributed by atoms with Crippen LogP contribution in [0.25, 0.3) is 0 Å². The van der Waals surface area contributed by atoms with Crippen molar-refractivity contribution in [1.82, 2.24) is 0 Å². The Morgan fingerprint density at radius 3 is 2.80 bits per heavy atom. The second kappa shape index (κ2) is 6.41. The first-order valence-electron chi connectivity index (χ1n) is 10.4. The third-order valence-electron chi connectivity index (χ3n) is 8.51.